The second kappa shape index (κ2) is 7.68. The number of carboxylic acid groups (broad SMARTS) is 1. The van der Waals surface area contributed by atoms with Gasteiger partial charge in [-0.25, -0.2) is 4.98 Å². The molecule has 0 bridgehead atoms. The van der Waals surface area contributed by atoms with Gasteiger partial charge in [-0.3, -0.25) is 9.59 Å². The van der Waals surface area contributed by atoms with Crippen LogP contribution in [0.5, 0.6) is 0 Å². The summed E-state index contributed by atoms with van der Waals surface area (Å²) >= 11 is 0. The molecule has 6 nitrogen and oxygen atoms in total. The Hall–Kier alpha value is -2.37. The number of amides is 1. The lowest BCUT2D eigenvalue weighted by molar-refractivity contribution is -0.140. The van der Waals surface area contributed by atoms with Gasteiger partial charge in [0.05, 0.1) is 11.0 Å². The third-order valence-corrected chi connectivity index (χ3v) is 4.98. The van der Waals surface area contributed by atoms with Crippen LogP contribution < -0.4 is 0 Å². The normalized spacial score (nSPS) is 17.8. The second-order valence-electron chi connectivity index (χ2n) is 6.63. The lowest BCUT2D eigenvalue weighted by atomic mass is 9.98. The summed E-state index contributed by atoms with van der Waals surface area (Å²) in [4.78, 5) is 30.4. The second-order valence-corrected chi connectivity index (χ2v) is 6.63. The van der Waals surface area contributed by atoms with E-state index < -0.39 is 5.97 Å². The van der Waals surface area contributed by atoms with Crippen LogP contribution in [-0.4, -0.2) is 44.0 Å². The number of nitrogens with zero attached hydrogens (tertiary/aromatic N) is 3. The minimum atomic E-state index is -0.799. The Morgan fingerprint density at radius 2 is 2.08 bits per heavy atom. The number of hydrogen-bond acceptors (Lipinski definition) is 3. The van der Waals surface area contributed by atoms with Crippen LogP contribution in [0.1, 0.15) is 44.9 Å². The number of carbonyl (C=O) groups excluding carboxylic acids is 1. The zero-order valence-corrected chi connectivity index (χ0v) is 14.6. The molecule has 1 aliphatic rings. The van der Waals surface area contributed by atoms with Crippen molar-refractivity contribution >= 4 is 22.9 Å². The van der Waals surface area contributed by atoms with Crippen LogP contribution in [0.3, 0.4) is 0 Å². The Morgan fingerprint density at radius 1 is 1.28 bits per heavy atom. The highest BCUT2D eigenvalue weighted by Crippen LogP contribution is 2.23. The number of piperidine rings is 1. The Bertz CT molecular complexity index is 768. The number of aryl methyl sites for hydroxylation is 1. The molecule has 25 heavy (non-hydrogen) atoms. The molecule has 0 radical (unpaired) electrons. The molecular formula is C19H25N3O3. The largest absolute Gasteiger partial charge is 0.481 e. The zero-order chi connectivity index (χ0) is 17.8. The van der Waals surface area contributed by atoms with Crippen LogP contribution in [0, 0.1) is 0 Å². The fraction of sp³-hybridized carbons (Fsp3) is 0.526. The molecular weight excluding hydrogens is 318 g/mol. The van der Waals surface area contributed by atoms with E-state index in [0.29, 0.717) is 6.42 Å². The van der Waals surface area contributed by atoms with Crippen molar-refractivity contribution in [1.29, 1.82) is 0 Å². The van der Waals surface area contributed by atoms with Gasteiger partial charge in [0.2, 0.25) is 5.91 Å². The summed E-state index contributed by atoms with van der Waals surface area (Å²) in [6.45, 7) is 3.03. The van der Waals surface area contributed by atoms with E-state index in [1.54, 1.807) is 0 Å². The molecule has 1 N–H and O–H groups in total. The maximum atomic E-state index is 13.0. The number of likely N-dealkylation sites (tertiary alicyclic amines) is 1. The van der Waals surface area contributed by atoms with E-state index in [2.05, 4.69) is 4.98 Å². The molecule has 1 saturated heterocycles. The summed E-state index contributed by atoms with van der Waals surface area (Å²) in [6.07, 6.45) is 4.35. The lowest BCUT2D eigenvalue weighted by Gasteiger charge is -2.36. The Morgan fingerprint density at radius 3 is 2.84 bits per heavy atom. The summed E-state index contributed by atoms with van der Waals surface area (Å²) in [7, 11) is 0. The molecule has 0 saturated carbocycles. The van der Waals surface area contributed by atoms with Crippen molar-refractivity contribution in [2.45, 2.75) is 58.0 Å². The number of para-hydroxylation sites is 2. The van der Waals surface area contributed by atoms with Crippen LogP contribution in [0.25, 0.3) is 11.0 Å². The standard InChI is InChI=1S/C19H25N3O3/c1-2-17-20-15-8-3-4-9-16(15)22(17)13-18(23)21-12-6-5-7-14(21)10-11-19(24)25/h3-4,8-9,14H,2,5-7,10-13H2,1H3,(H,24,25). The van der Waals surface area contributed by atoms with Crippen LogP contribution in [0.15, 0.2) is 24.3 Å². The highest BCUT2D eigenvalue weighted by molar-refractivity contribution is 5.81. The van der Waals surface area contributed by atoms with Crippen molar-refractivity contribution < 1.29 is 14.7 Å². The molecule has 2 heterocycles. The van der Waals surface area contributed by atoms with E-state index in [4.69, 9.17) is 5.11 Å². The van der Waals surface area contributed by atoms with Crippen molar-refractivity contribution in [2.24, 2.45) is 0 Å². The van der Waals surface area contributed by atoms with Crippen molar-refractivity contribution in [3.05, 3.63) is 30.1 Å². The number of aromatic nitrogens is 2. The summed E-state index contributed by atoms with van der Waals surface area (Å²) in [5.74, 6) is 0.174. The summed E-state index contributed by atoms with van der Waals surface area (Å²) < 4.78 is 2.00. The SMILES string of the molecule is CCc1nc2ccccc2n1CC(=O)N1CCCCC1CCC(=O)O. The highest BCUT2D eigenvalue weighted by Gasteiger charge is 2.27. The van der Waals surface area contributed by atoms with Gasteiger partial charge in [0, 0.05) is 25.4 Å². The van der Waals surface area contributed by atoms with Crippen molar-refractivity contribution in [3.8, 4) is 0 Å². The van der Waals surface area contributed by atoms with Crippen molar-refractivity contribution in [3.63, 3.8) is 0 Å². The first kappa shape index (κ1) is 17.5. The molecule has 1 aromatic heterocycles. The van der Waals surface area contributed by atoms with Crippen molar-refractivity contribution in [2.75, 3.05) is 6.54 Å². The number of aliphatic carboxylic acids is 1. The molecule has 1 aliphatic heterocycles. The van der Waals surface area contributed by atoms with Crippen LogP contribution in [-0.2, 0) is 22.6 Å². The number of rotatable bonds is 6. The maximum Gasteiger partial charge on any atom is 0.303 e. The average molecular weight is 343 g/mol. The van der Waals surface area contributed by atoms with Crippen LogP contribution in [0.2, 0.25) is 0 Å². The van der Waals surface area contributed by atoms with Gasteiger partial charge < -0.3 is 14.6 Å². The van der Waals surface area contributed by atoms with E-state index in [-0.39, 0.29) is 24.9 Å². The van der Waals surface area contributed by atoms with E-state index in [1.165, 1.54) is 0 Å². The summed E-state index contributed by atoms with van der Waals surface area (Å²) in [6, 6.07) is 7.91. The third-order valence-electron chi connectivity index (χ3n) is 4.98. The number of carboxylic acids is 1. The number of imidazole rings is 1. The topological polar surface area (TPSA) is 75.4 Å². The predicted octanol–water partition coefficient (Wildman–Crippen LogP) is 2.84. The van der Waals surface area contributed by atoms with Gasteiger partial charge in [0.1, 0.15) is 12.4 Å². The first-order chi connectivity index (χ1) is 12.1. The zero-order valence-electron chi connectivity index (χ0n) is 14.6. The van der Waals surface area contributed by atoms with Gasteiger partial charge in [-0.15, -0.1) is 0 Å². The van der Waals surface area contributed by atoms with E-state index in [9.17, 15) is 9.59 Å². The molecule has 0 aliphatic carbocycles. The van der Waals surface area contributed by atoms with Crippen LogP contribution in [0.4, 0.5) is 0 Å². The quantitative estimate of drug-likeness (QED) is 0.875. The van der Waals surface area contributed by atoms with Gasteiger partial charge in [0.25, 0.3) is 0 Å². The molecule has 2 aromatic rings. The first-order valence-corrected chi connectivity index (χ1v) is 9.05. The predicted molar refractivity (Wildman–Crippen MR) is 95.3 cm³/mol. The number of benzene rings is 1. The highest BCUT2D eigenvalue weighted by atomic mass is 16.4. The lowest BCUT2D eigenvalue weighted by Crippen LogP contribution is -2.45. The molecule has 1 amide bonds. The third kappa shape index (κ3) is 3.83. The smallest absolute Gasteiger partial charge is 0.303 e. The molecule has 0 spiro atoms. The molecule has 134 valence electrons. The molecule has 1 unspecified atom stereocenters. The fourth-order valence-electron chi connectivity index (χ4n) is 3.72. The average Bonchev–Trinajstić information content (AvgIpc) is 2.98. The van der Waals surface area contributed by atoms with Gasteiger partial charge in [0.15, 0.2) is 0 Å². The maximum absolute atomic E-state index is 13.0. The monoisotopic (exact) mass is 343 g/mol. The molecule has 1 atom stereocenters. The number of fused-ring (bicyclic) bond motifs is 1. The van der Waals surface area contributed by atoms with Crippen molar-refractivity contribution in [1.82, 2.24) is 14.5 Å². The molecule has 3 rings (SSSR count). The summed E-state index contributed by atoms with van der Waals surface area (Å²) in [5.41, 5.74) is 1.89. The number of carbonyl (C=O) groups is 2. The minimum Gasteiger partial charge on any atom is -0.481 e. The van der Waals surface area contributed by atoms with Crippen LogP contribution >= 0.6 is 0 Å². The fourth-order valence-corrected chi connectivity index (χ4v) is 3.72. The van der Waals surface area contributed by atoms with Gasteiger partial charge in [-0.1, -0.05) is 19.1 Å². The van der Waals surface area contributed by atoms with E-state index in [0.717, 1.165) is 49.1 Å². The Labute approximate surface area is 147 Å². The Kier molecular flexibility index (Phi) is 5.36. The van der Waals surface area contributed by atoms with E-state index in [1.807, 2.05) is 40.7 Å². The Balaban J connectivity index is 1.79. The van der Waals surface area contributed by atoms with Gasteiger partial charge in [-0.2, -0.15) is 0 Å². The van der Waals surface area contributed by atoms with E-state index >= 15 is 0 Å². The van der Waals surface area contributed by atoms with Gasteiger partial charge in [-0.05, 0) is 37.8 Å². The number of hydrogen-bond donors (Lipinski definition) is 1. The molecule has 1 aromatic carbocycles. The minimum absolute atomic E-state index is 0.0391. The summed E-state index contributed by atoms with van der Waals surface area (Å²) in [5, 5.41) is 8.95. The molecule has 1 fully saturated rings. The molecule has 6 heteroatoms. The van der Waals surface area contributed by atoms with Gasteiger partial charge >= 0.3 is 5.97 Å². The first-order valence-electron chi connectivity index (χ1n) is 9.05.